The molecule has 28 heavy (non-hydrogen) atoms. The van der Waals surface area contributed by atoms with Gasteiger partial charge >= 0.3 is 5.97 Å². The first-order valence-electron chi connectivity index (χ1n) is 8.75. The first kappa shape index (κ1) is 19.6. The van der Waals surface area contributed by atoms with E-state index in [2.05, 4.69) is 20.6 Å². The average Bonchev–Trinajstić information content (AvgIpc) is 3.28. The SMILES string of the molecule is CCOC(=O)Cc1csc(NC(=O)[C@@H](C)NC(=O)c2cc3ccccc3[nH]2)n1. The van der Waals surface area contributed by atoms with Crippen molar-refractivity contribution < 1.29 is 19.1 Å². The van der Waals surface area contributed by atoms with E-state index in [0.717, 1.165) is 10.9 Å². The van der Waals surface area contributed by atoms with Crippen LogP contribution in [0.1, 0.15) is 30.0 Å². The van der Waals surface area contributed by atoms with E-state index in [-0.39, 0.29) is 18.3 Å². The zero-order valence-corrected chi connectivity index (χ0v) is 16.3. The highest BCUT2D eigenvalue weighted by Gasteiger charge is 2.19. The van der Waals surface area contributed by atoms with Crippen LogP contribution in [-0.2, 0) is 20.7 Å². The number of H-pyrrole nitrogens is 1. The molecule has 0 aliphatic heterocycles. The third kappa shape index (κ3) is 4.74. The Labute approximate surface area is 165 Å². The van der Waals surface area contributed by atoms with Gasteiger partial charge in [-0.25, -0.2) is 4.98 Å². The second-order valence-electron chi connectivity index (χ2n) is 6.08. The van der Waals surface area contributed by atoms with Crippen LogP contribution in [0.4, 0.5) is 5.13 Å². The number of fused-ring (bicyclic) bond motifs is 1. The largest absolute Gasteiger partial charge is 0.466 e. The van der Waals surface area contributed by atoms with Crippen LogP contribution in [0.5, 0.6) is 0 Å². The molecular formula is C19H20N4O4S. The molecule has 1 atom stereocenters. The van der Waals surface area contributed by atoms with Crippen molar-refractivity contribution in [3.05, 3.63) is 47.1 Å². The number of carbonyl (C=O) groups excluding carboxylic acids is 3. The lowest BCUT2D eigenvalue weighted by molar-refractivity contribution is -0.142. The van der Waals surface area contributed by atoms with Crippen molar-refractivity contribution >= 4 is 45.2 Å². The van der Waals surface area contributed by atoms with Crippen molar-refractivity contribution in [1.82, 2.24) is 15.3 Å². The fourth-order valence-corrected chi connectivity index (χ4v) is 3.27. The second kappa shape index (κ2) is 8.66. The average molecular weight is 400 g/mol. The molecule has 0 radical (unpaired) electrons. The van der Waals surface area contributed by atoms with Crippen molar-refractivity contribution in [3.63, 3.8) is 0 Å². The van der Waals surface area contributed by atoms with Gasteiger partial charge in [0.05, 0.1) is 18.7 Å². The topological polar surface area (TPSA) is 113 Å². The minimum absolute atomic E-state index is 0.0485. The summed E-state index contributed by atoms with van der Waals surface area (Å²) in [6.45, 7) is 3.62. The summed E-state index contributed by atoms with van der Waals surface area (Å²) < 4.78 is 4.87. The number of hydrogen-bond acceptors (Lipinski definition) is 6. The molecule has 0 aliphatic rings. The van der Waals surface area contributed by atoms with Crippen LogP contribution in [-0.4, -0.2) is 40.4 Å². The maximum absolute atomic E-state index is 12.4. The highest BCUT2D eigenvalue weighted by atomic mass is 32.1. The van der Waals surface area contributed by atoms with Crippen LogP contribution in [0.15, 0.2) is 35.7 Å². The first-order valence-corrected chi connectivity index (χ1v) is 9.63. The maximum Gasteiger partial charge on any atom is 0.311 e. The lowest BCUT2D eigenvalue weighted by Crippen LogP contribution is -2.41. The Balaban J connectivity index is 1.56. The molecule has 0 fully saturated rings. The highest BCUT2D eigenvalue weighted by molar-refractivity contribution is 7.13. The van der Waals surface area contributed by atoms with E-state index >= 15 is 0 Å². The first-order chi connectivity index (χ1) is 13.5. The molecule has 146 valence electrons. The summed E-state index contributed by atoms with van der Waals surface area (Å²) in [7, 11) is 0. The van der Waals surface area contributed by atoms with Gasteiger partial charge in [0, 0.05) is 16.3 Å². The van der Waals surface area contributed by atoms with Gasteiger partial charge in [0.15, 0.2) is 5.13 Å². The molecule has 3 rings (SSSR count). The van der Waals surface area contributed by atoms with Crippen molar-refractivity contribution in [2.45, 2.75) is 26.3 Å². The molecule has 3 N–H and O–H groups in total. The van der Waals surface area contributed by atoms with Crippen LogP contribution in [0.25, 0.3) is 10.9 Å². The lowest BCUT2D eigenvalue weighted by atomic mass is 10.2. The van der Waals surface area contributed by atoms with E-state index < -0.39 is 11.9 Å². The maximum atomic E-state index is 12.4. The van der Waals surface area contributed by atoms with Gasteiger partial charge in [-0.2, -0.15) is 0 Å². The number of ether oxygens (including phenoxy) is 1. The van der Waals surface area contributed by atoms with Gasteiger partial charge in [-0.05, 0) is 26.0 Å². The van der Waals surface area contributed by atoms with E-state index in [9.17, 15) is 14.4 Å². The van der Waals surface area contributed by atoms with Crippen LogP contribution in [0, 0.1) is 0 Å². The van der Waals surface area contributed by atoms with Crippen LogP contribution in [0.2, 0.25) is 0 Å². The number of aromatic nitrogens is 2. The number of anilines is 1. The standard InChI is InChI=1S/C19H20N4O4S/c1-3-27-16(24)9-13-10-28-19(21-13)23-17(25)11(2)20-18(26)15-8-12-6-4-5-7-14(12)22-15/h4-8,10-11,22H,3,9H2,1-2H3,(H,20,26)(H,21,23,25)/t11-/m1/s1. The van der Waals surface area contributed by atoms with E-state index in [1.807, 2.05) is 24.3 Å². The number of nitrogens with zero attached hydrogens (tertiary/aromatic N) is 1. The number of esters is 1. The van der Waals surface area contributed by atoms with Crippen LogP contribution < -0.4 is 10.6 Å². The van der Waals surface area contributed by atoms with Crippen LogP contribution in [0.3, 0.4) is 0 Å². The van der Waals surface area contributed by atoms with Crippen LogP contribution >= 0.6 is 11.3 Å². The summed E-state index contributed by atoms with van der Waals surface area (Å²) >= 11 is 1.20. The number of aromatic amines is 1. The molecule has 8 nitrogen and oxygen atoms in total. The molecule has 0 bridgehead atoms. The van der Waals surface area contributed by atoms with E-state index in [1.165, 1.54) is 11.3 Å². The third-order valence-corrected chi connectivity index (χ3v) is 4.73. The van der Waals surface area contributed by atoms with Gasteiger partial charge in [0.1, 0.15) is 11.7 Å². The molecule has 2 heterocycles. The minimum atomic E-state index is -0.767. The molecule has 9 heteroatoms. The molecule has 0 saturated heterocycles. The number of amides is 2. The smallest absolute Gasteiger partial charge is 0.311 e. The number of carbonyl (C=O) groups is 3. The van der Waals surface area contributed by atoms with Gasteiger partial charge < -0.3 is 20.4 Å². The second-order valence-corrected chi connectivity index (χ2v) is 6.94. The fourth-order valence-electron chi connectivity index (χ4n) is 2.55. The molecule has 2 amide bonds. The van der Waals surface area contributed by atoms with Crippen molar-refractivity contribution in [3.8, 4) is 0 Å². The van der Waals surface area contributed by atoms with Gasteiger partial charge in [0.25, 0.3) is 5.91 Å². The predicted octanol–water partition coefficient (Wildman–Crippen LogP) is 2.49. The molecular weight excluding hydrogens is 380 g/mol. The Kier molecular flexibility index (Phi) is 6.05. The molecule has 0 spiro atoms. The van der Waals surface area contributed by atoms with Gasteiger partial charge in [-0.1, -0.05) is 18.2 Å². The van der Waals surface area contributed by atoms with Gasteiger partial charge in [-0.3, -0.25) is 14.4 Å². The normalized spacial score (nSPS) is 11.8. The Hall–Kier alpha value is -3.20. The number of rotatable bonds is 7. The third-order valence-electron chi connectivity index (χ3n) is 3.93. The summed E-state index contributed by atoms with van der Waals surface area (Å²) in [5, 5.41) is 8.25. The Bertz CT molecular complexity index is 977. The fraction of sp³-hybridized carbons (Fsp3) is 0.263. The summed E-state index contributed by atoms with van der Waals surface area (Å²) in [6, 6.07) is 8.50. The Morgan fingerprint density at radius 2 is 2.07 bits per heavy atom. The molecule has 0 saturated carbocycles. The van der Waals surface area contributed by atoms with Crippen molar-refractivity contribution in [1.29, 1.82) is 0 Å². The van der Waals surface area contributed by atoms with Gasteiger partial charge in [-0.15, -0.1) is 11.3 Å². The molecule has 0 aliphatic carbocycles. The summed E-state index contributed by atoms with van der Waals surface area (Å²) in [6.07, 6.45) is 0.0485. The van der Waals surface area contributed by atoms with Crippen molar-refractivity contribution in [2.24, 2.45) is 0 Å². The Morgan fingerprint density at radius 3 is 2.82 bits per heavy atom. The van der Waals surface area contributed by atoms with E-state index in [1.54, 1.807) is 25.3 Å². The van der Waals surface area contributed by atoms with E-state index in [0.29, 0.717) is 23.1 Å². The zero-order chi connectivity index (χ0) is 20.1. The molecule has 1 aromatic carbocycles. The predicted molar refractivity (Wildman–Crippen MR) is 106 cm³/mol. The summed E-state index contributed by atoms with van der Waals surface area (Å²) in [4.78, 5) is 43.4. The number of benzene rings is 1. The number of thiazole rings is 1. The minimum Gasteiger partial charge on any atom is -0.466 e. The highest BCUT2D eigenvalue weighted by Crippen LogP contribution is 2.17. The quantitative estimate of drug-likeness (QED) is 0.527. The zero-order valence-electron chi connectivity index (χ0n) is 15.4. The summed E-state index contributed by atoms with van der Waals surface area (Å²) in [5.41, 5.74) is 1.75. The monoisotopic (exact) mass is 400 g/mol. The summed E-state index contributed by atoms with van der Waals surface area (Å²) in [5.74, 6) is -1.15. The number of hydrogen-bond donors (Lipinski definition) is 3. The Morgan fingerprint density at radius 1 is 1.29 bits per heavy atom. The lowest BCUT2D eigenvalue weighted by Gasteiger charge is -2.12. The van der Waals surface area contributed by atoms with Gasteiger partial charge in [0.2, 0.25) is 5.91 Å². The van der Waals surface area contributed by atoms with Crippen molar-refractivity contribution in [2.75, 3.05) is 11.9 Å². The molecule has 3 aromatic rings. The molecule has 0 unspecified atom stereocenters. The molecule has 2 aromatic heterocycles. The number of para-hydroxylation sites is 1. The number of nitrogens with one attached hydrogen (secondary N) is 3. The van der Waals surface area contributed by atoms with E-state index in [4.69, 9.17) is 4.74 Å².